The number of hydrogen-bond donors (Lipinski definition) is 3. The van der Waals surface area contributed by atoms with Crippen molar-refractivity contribution in [2.45, 2.75) is 52.8 Å². The van der Waals surface area contributed by atoms with Crippen LogP contribution < -0.4 is 11.1 Å². The zero-order valence-electron chi connectivity index (χ0n) is 60.2. The molecule has 0 radical (unpaired) electrons. The first-order valence-corrected chi connectivity index (χ1v) is 36.1. The minimum Gasteiger partial charge on any atom is -0.464 e. The Morgan fingerprint density at radius 1 is 0.455 bits per heavy atom. The number of benzene rings is 8. The fraction of sp³-hybridized carbons (Fsp3) is 0.131. The zero-order valence-corrected chi connectivity index (χ0v) is 63.2. The van der Waals surface area contributed by atoms with Crippen LogP contribution >= 0.6 is 46.4 Å². The molecule has 0 atom stereocenters. The molecule has 550 valence electrons. The third-order valence-electron chi connectivity index (χ3n) is 18.0. The maximum absolute atomic E-state index is 13.2. The number of anilines is 1. The van der Waals surface area contributed by atoms with Gasteiger partial charge in [-0.2, -0.15) is 20.4 Å². The fourth-order valence-electron chi connectivity index (χ4n) is 12.7. The van der Waals surface area contributed by atoms with Crippen molar-refractivity contribution in [3.05, 3.63) is 307 Å². The highest BCUT2D eigenvalue weighted by Crippen LogP contribution is 2.28. The Bertz CT molecular complexity index is 6310. The van der Waals surface area contributed by atoms with Crippen molar-refractivity contribution in [1.29, 1.82) is 0 Å². The summed E-state index contributed by atoms with van der Waals surface area (Å²) in [5, 5.41) is 32.4. The number of carbonyl (C=O) groups is 4. The highest BCUT2D eigenvalue weighted by Gasteiger charge is 2.22. The summed E-state index contributed by atoms with van der Waals surface area (Å²) in [6, 6.07) is 63.9. The average molecular weight is 1540 g/mol. The van der Waals surface area contributed by atoms with E-state index in [-0.39, 0.29) is 5.91 Å². The van der Waals surface area contributed by atoms with Crippen LogP contribution in [0.25, 0.3) is 87.2 Å². The number of pyridine rings is 5. The van der Waals surface area contributed by atoms with Crippen molar-refractivity contribution in [2.24, 2.45) is 0 Å². The summed E-state index contributed by atoms with van der Waals surface area (Å²) in [6.07, 6.45) is 6.77. The zero-order chi connectivity index (χ0) is 77.1. The molecule has 0 saturated heterocycles. The first kappa shape index (κ1) is 75.5. The van der Waals surface area contributed by atoms with Gasteiger partial charge in [-0.3, -0.25) is 43.9 Å². The fourth-order valence-corrected chi connectivity index (χ4v) is 13.4. The molecule has 0 aliphatic heterocycles. The van der Waals surface area contributed by atoms with Crippen molar-refractivity contribution >= 4 is 163 Å². The molecule has 0 bridgehead atoms. The lowest BCUT2D eigenvalue weighted by Gasteiger charge is -2.11. The minimum absolute atomic E-state index is 0.219. The number of amides is 1. The Morgan fingerprint density at radius 2 is 0.900 bits per heavy atom. The average Bonchev–Trinajstić information content (AvgIpc) is 1.63. The van der Waals surface area contributed by atoms with E-state index in [0.717, 1.165) is 132 Å². The molecule has 4 N–H and O–H groups in total. The topological polar surface area (TPSA) is 281 Å². The van der Waals surface area contributed by atoms with Gasteiger partial charge in [0.25, 0.3) is 5.91 Å². The van der Waals surface area contributed by atoms with Crippen molar-refractivity contribution in [2.75, 3.05) is 27.1 Å². The van der Waals surface area contributed by atoms with E-state index >= 15 is 0 Å². The number of para-hydroxylation sites is 3. The number of aromatic nitrogens is 13. The molecule has 110 heavy (non-hydrogen) atoms. The second-order valence-electron chi connectivity index (χ2n) is 25.5. The third kappa shape index (κ3) is 17.3. The summed E-state index contributed by atoms with van der Waals surface area (Å²) in [4.78, 5) is 70.1. The molecule has 17 rings (SSSR count). The highest BCUT2D eigenvalue weighted by molar-refractivity contribution is 6.32. The number of nitrogens with one attached hydrogen (secondary N) is 2. The maximum Gasteiger partial charge on any atom is 0.359 e. The third-order valence-corrected chi connectivity index (χ3v) is 18.9. The number of carbonyl (C=O) groups excluding carboxylic acids is 4. The monoisotopic (exact) mass is 1540 g/mol. The van der Waals surface area contributed by atoms with Gasteiger partial charge in [0.05, 0.1) is 100 Å². The van der Waals surface area contributed by atoms with E-state index in [2.05, 4.69) is 73.6 Å². The first-order valence-electron chi connectivity index (χ1n) is 34.4. The lowest BCUT2D eigenvalue weighted by atomic mass is 10.1. The number of aromatic amines is 1. The predicted molar refractivity (Wildman–Crippen MR) is 432 cm³/mol. The van der Waals surface area contributed by atoms with E-state index in [1.54, 1.807) is 28.0 Å². The number of aryl methyl sites for hydroxylation is 3. The van der Waals surface area contributed by atoms with Gasteiger partial charge >= 0.3 is 17.9 Å². The summed E-state index contributed by atoms with van der Waals surface area (Å²) in [5.74, 6) is -0.484. The van der Waals surface area contributed by atoms with Crippen LogP contribution in [0.15, 0.2) is 225 Å². The smallest absolute Gasteiger partial charge is 0.359 e. The van der Waals surface area contributed by atoms with E-state index in [4.69, 9.17) is 66.7 Å². The standard InChI is InChI=1S/C27H26N6O.2C19H14ClN3O2.C10H7Cl2N.C9H8N2O2/c1-16-10-20-12-19(8-9-23(20)29-13-16)15-33-24-7-5-4-6-21(24)26(32-33)27(34)30-14-22-17(2)11-25(28)31-18(22)3;1-25-19(24)18-15-4-2-3-5-17(15)23(22-18)11-12-6-7-16-13(8-12)9-14(20)10-21-16;1-25-19(24)18-15-4-2-3-5-17(15)22-23(18)11-12-6-7-16-13(8-12)9-14(20)10-21-16;11-5-7-1-2-10-8(3-7)4-9(12)6-13-10;1-13-9(12)8-6-4-2-3-5-7(6)10-11-8/h4-13H,14-15H2,1-3H3,(H2,28,31)(H,30,34);2*2-10H,11H2,1H3;1-4,6H,5H2;2-5H,1H3,(H,10,11). The molecule has 0 aliphatic carbocycles. The molecule has 9 heterocycles. The Kier molecular flexibility index (Phi) is 23.3. The number of nitrogen functional groups attached to an aromatic ring is 1. The second kappa shape index (κ2) is 34.0. The molecule has 0 aliphatic rings. The van der Waals surface area contributed by atoms with Crippen molar-refractivity contribution in [1.82, 2.24) is 69.8 Å². The summed E-state index contributed by atoms with van der Waals surface area (Å²) in [5.41, 5.74) is 22.5. The number of nitrogens with zero attached hydrogens (tertiary/aromatic N) is 12. The van der Waals surface area contributed by atoms with Crippen molar-refractivity contribution < 1.29 is 33.4 Å². The number of esters is 3. The van der Waals surface area contributed by atoms with E-state index in [0.29, 0.717) is 75.7 Å². The number of fused-ring (bicyclic) bond motifs is 8. The number of rotatable bonds is 13. The molecule has 0 fully saturated rings. The van der Waals surface area contributed by atoms with Crippen LogP contribution in [0.1, 0.15) is 86.6 Å². The normalized spacial score (nSPS) is 11.0. The molecule has 26 heteroatoms. The van der Waals surface area contributed by atoms with Gasteiger partial charge in [-0.05, 0) is 163 Å². The summed E-state index contributed by atoms with van der Waals surface area (Å²) < 4.78 is 19.7. The van der Waals surface area contributed by atoms with E-state index < -0.39 is 17.9 Å². The van der Waals surface area contributed by atoms with Crippen LogP contribution in [0.3, 0.4) is 0 Å². The maximum atomic E-state index is 13.2. The van der Waals surface area contributed by atoms with Gasteiger partial charge in [0.2, 0.25) is 0 Å². The van der Waals surface area contributed by atoms with Crippen LogP contribution in [0.2, 0.25) is 15.1 Å². The Labute approximate surface area is 649 Å². The quantitative estimate of drug-likeness (QED) is 0.0549. The van der Waals surface area contributed by atoms with Crippen molar-refractivity contribution in [3.8, 4) is 0 Å². The molecule has 1 amide bonds. The largest absolute Gasteiger partial charge is 0.464 e. The number of ether oxygens (including phenoxy) is 3. The molecule has 0 spiro atoms. The summed E-state index contributed by atoms with van der Waals surface area (Å²) >= 11 is 23.6. The van der Waals surface area contributed by atoms with Crippen LogP contribution in [-0.4, -0.2) is 110 Å². The van der Waals surface area contributed by atoms with Gasteiger partial charge < -0.3 is 25.3 Å². The van der Waals surface area contributed by atoms with Gasteiger partial charge in [0.1, 0.15) is 5.82 Å². The van der Waals surface area contributed by atoms with E-state index in [1.807, 2.05) is 214 Å². The highest BCUT2D eigenvalue weighted by atomic mass is 35.5. The molecule has 0 saturated carbocycles. The van der Waals surface area contributed by atoms with E-state index in [1.165, 1.54) is 21.3 Å². The second-order valence-corrected chi connectivity index (χ2v) is 27.1. The number of alkyl halides is 1. The molecule has 0 unspecified atom stereocenters. The molecular formula is C84H69Cl4N15O7. The van der Waals surface area contributed by atoms with Gasteiger partial charge in [0, 0.05) is 86.0 Å². The Morgan fingerprint density at radius 3 is 1.44 bits per heavy atom. The van der Waals surface area contributed by atoms with Crippen LogP contribution in [-0.2, 0) is 46.3 Å². The molecule has 8 aromatic carbocycles. The van der Waals surface area contributed by atoms with Crippen molar-refractivity contribution in [3.63, 3.8) is 0 Å². The summed E-state index contributed by atoms with van der Waals surface area (Å²) in [7, 11) is 4.07. The molecule has 17 aromatic rings. The number of hydrogen-bond acceptors (Lipinski definition) is 17. The van der Waals surface area contributed by atoms with Gasteiger partial charge in [0.15, 0.2) is 22.8 Å². The first-order chi connectivity index (χ1) is 53.3. The lowest BCUT2D eigenvalue weighted by Crippen LogP contribution is -2.25. The molecular weight excluding hydrogens is 1470 g/mol. The Balaban J connectivity index is 0.000000126. The number of nitrogens with two attached hydrogens (primary N) is 1. The number of methoxy groups -OCH3 is 3. The summed E-state index contributed by atoms with van der Waals surface area (Å²) in [6.45, 7) is 7.79. The predicted octanol–water partition coefficient (Wildman–Crippen LogP) is 17.6. The van der Waals surface area contributed by atoms with Gasteiger partial charge in [-0.15, -0.1) is 11.6 Å². The van der Waals surface area contributed by atoms with Gasteiger partial charge in [-0.25, -0.2) is 19.4 Å². The SMILES string of the molecule is COC(=O)c1c2ccccc2nn1Cc1ccc2ncc(Cl)cc2c1.COC(=O)c1n[nH]c2ccccc12.COC(=O)c1nn(Cc2ccc3ncc(Cl)cc3c2)c2ccccc12.Cc1cnc2ccc(Cn3nc(C(=O)NCc4c(C)cc(N)nc4C)c4ccccc43)cc2c1.ClCc1ccc2ncc(Cl)cc2c1. The number of halogens is 4. The van der Waals surface area contributed by atoms with Gasteiger partial charge in [-0.1, -0.05) is 132 Å². The molecule has 22 nitrogen and oxygen atoms in total. The van der Waals surface area contributed by atoms with Crippen LogP contribution in [0.5, 0.6) is 0 Å². The minimum atomic E-state index is -0.440. The van der Waals surface area contributed by atoms with Crippen LogP contribution in [0, 0.1) is 20.8 Å². The van der Waals surface area contributed by atoms with E-state index in [9.17, 15) is 19.2 Å². The Hall–Kier alpha value is -12.7. The number of H-pyrrole nitrogens is 1. The van der Waals surface area contributed by atoms with Crippen LogP contribution in [0.4, 0.5) is 5.82 Å². The molecule has 9 aromatic heterocycles. The lowest BCUT2D eigenvalue weighted by molar-refractivity contribution is 0.0582.